The predicted molar refractivity (Wildman–Crippen MR) is 107 cm³/mol. The molecule has 0 unspecified atom stereocenters. The average molecular weight is 374 g/mol. The highest BCUT2D eigenvalue weighted by molar-refractivity contribution is 5.85. The highest BCUT2D eigenvalue weighted by Crippen LogP contribution is 2.35. The Hall–Kier alpha value is -3.43. The minimum Gasteiger partial charge on any atom is -0.454 e. The van der Waals surface area contributed by atoms with E-state index in [1.165, 1.54) is 0 Å². The first-order valence-corrected chi connectivity index (χ1v) is 9.14. The maximum Gasteiger partial charge on any atom is 0.344 e. The zero-order valence-corrected chi connectivity index (χ0v) is 15.1. The lowest BCUT2D eigenvalue weighted by Gasteiger charge is -2.33. The lowest BCUT2D eigenvalue weighted by Crippen LogP contribution is -2.50. The van der Waals surface area contributed by atoms with Crippen LogP contribution in [0.3, 0.4) is 0 Å². The van der Waals surface area contributed by atoms with Crippen molar-refractivity contribution in [2.75, 3.05) is 31.3 Å². The number of benzene rings is 2. The van der Waals surface area contributed by atoms with Gasteiger partial charge in [0.1, 0.15) is 5.58 Å². The van der Waals surface area contributed by atoms with Gasteiger partial charge >= 0.3 is 5.63 Å². The molecule has 2 aliphatic heterocycles. The second-order valence-corrected chi connectivity index (χ2v) is 6.86. The largest absolute Gasteiger partial charge is 0.454 e. The fourth-order valence-corrected chi connectivity index (χ4v) is 3.66. The van der Waals surface area contributed by atoms with Gasteiger partial charge in [-0.3, -0.25) is 0 Å². The number of piperazine rings is 1. The van der Waals surface area contributed by atoms with E-state index < -0.39 is 0 Å². The number of terminal acetylenes is 1. The van der Waals surface area contributed by atoms with Gasteiger partial charge in [-0.1, -0.05) is 12.0 Å². The third-order valence-corrected chi connectivity index (χ3v) is 5.14. The number of hydrogen-bond donors (Lipinski definition) is 1. The summed E-state index contributed by atoms with van der Waals surface area (Å²) in [6.45, 7) is 2.59. The van der Waals surface area contributed by atoms with Crippen LogP contribution >= 0.6 is 0 Å². The lowest BCUT2D eigenvalue weighted by molar-refractivity contribution is 0.174. The van der Waals surface area contributed by atoms with Gasteiger partial charge in [0.05, 0.1) is 11.6 Å². The molecule has 0 amide bonds. The minimum atomic E-state index is -0.384. The standard InChI is InChI=1S/C22H18N2O4/c1-2-16-12-24(8-7-23-16)17-5-3-15-9-18(22(25)28-20(15)11-17)14-4-6-19-21(10-14)27-13-26-19/h1,3-6,9-11,16,23H,7-8,12-13H2/t16-/m1/s1. The maximum atomic E-state index is 12.6. The number of ether oxygens (including phenoxy) is 2. The number of hydrogen-bond acceptors (Lipinski definition) is 6. The van der Waals surface area contributed by atoms with Gasteiger partial charge in [-0.2, -0.15) is 0 Å². The Morgan fingerprint density at radius 2 is 2.00 bits per heavy atom. The van der Waals surface area contributed by atoms with Gasteiger partial charge in [0.25, 0.3) is 0 Å². The molecule has 2 aromatic carbocycles. The second kappa shape index (κ2) is 6.63. The molecule has 0 saturated carbocycles. The number of nitrogens with zero attached hydrogens (tertiary/aromatic N) is 1. The zero-order chi connectivity index (χ0) is 19.1. The molecule has 1 N–H and O–H groups in total. The van der Waals surface area contributed by atoms with Gasteiger partial charge in [-0.05, 0) is 35.9 Å². The van der Waals surface area contributed by atoms with Crippen LogP contribution in [0, 0.1) is 12.3 Å². The first-order chi connectivity index (χ1) is 13.7. The van der Waals surface area contributed by atoms with E-state index in [9.17, 15) is 4.79 Å². The van der Waals surface area contributed by atoms with Crippen LogP contribution in [0.1, 0.15) is 0 Å². The molecule has 1 atom stereocenters. The van der Waals surface area contributed by atoms with Crippen LogP contribution in [0.4, 0.5) is 5.69 Å². The molecule has 28 heavy (non-hydrogen) atoms. The average Bonchev–Trinajstić information content (AvgIpc) is 3.20. The van der Waals surface area contributed by atoms with Gasteiger partial charge in [-0.25, -0.2) is 4.79 Å². The van der Waals surface area contributed by atoms with Crippen LogP contribution < -0.4 is 25.3 Å². The maximum absolute atomic E-state index is 12.6. The molecule has 3 aromatic rings. The van der Waals surface area contributed by atoms with Crippen molar-refractivity contribution in [1.82, 2.24) is 5.32 Å². The molecule has 140 valence electrons. The minimum absolute atomic E-state index is 0.0184. The number of anilines is 1. The van der Waals surface area contributed by atoms with E-state index in [1.54, 1.807) is 12.1 Å². The van der Waals surface area contributed by atoms with E-state index in [-0.39, 0.29) is 18.5 Å². The van der Waals surface area contributed by atoms with Crippen LogP contribution in [0.5, 0.6) is 11.5 Å². The molecule has 2 aliphatic rings. The van der Waals surface area contributed by atoms with Crippen molar-refractivity contribution < 1.29 is 13.9 Å². The van der Waals surface area contributed by atoms with Crippen molar-refractivity contribution in [3.63, 3.8) is 0 Å². The molecular formula is C22H18N2O4. The quantitative estimate of drug-likeness (QED) is 0.550. The third-order valence-electron chi connectivity index (χ3n) is 5.14. The molecule has 1 saturated heterocycles. The fourth-order valence-electron chi connectivity index (χ4n) is 3.66. The third kappa shape index (κ3) is 2.86. The van der Waals surface area contributed by atoms with E-state index in [4.69, 9.17) is 20.3 Å². The fraction of sp³-hybridized carbons (Fsp3) is 0.227. The number of rotatable bonds is 2. The van der Waals surface area contributed by atoms with Crippen molar-refractivity contribution in [3.05, 3.63) is 52.9 Å². The molecule has 0 radical (unpaired) electrons. The van der Waals surface area contributed by atoms with E-state index >= 15 is 0 Å². The molecule has 1 aromatic heterocycles. The van der Waals surface area contributed by atoms with Crippen LogP contribution in [0.15, 0.2) is 51.7 Å². The van der Waals surface area contributed by atoms with Crippen molar-refractivity contribution >= 4 is 16.7 Å². The number of fused-ring (bicyclic) bond motifs is 2. The van der Waals surface area contributed by atoms with Crippen molar-refractivity contribution in [1.29, 1.82) is 0 Å². The second-order valence-electron chi connectivity index (χ2n) is 6.86. The molecule has 0 bridgehead atoms. The summed E-state index contributed by atoms with van der Waals surface area (Å²) in [7, 11) is 0. The summed E-state index contributed by atoms with van der Waals surface area (Å²) in [5.41, 5.74) is 2.40. The molecule has 5 rings (SSSR count). The zero-order valence-electron chi connectivity index (χ0n) is 15.1. The van der Waals surface area contributed by atoms with Crippen molar-refractivity contribution in [2.45, 2.75) is 6.04 Å². The smallest absolute Gasteiger partial charge is 0.344 e. The normalized spacial score (nSPS) is 18.2. The number of nitrogens with one attached hydrogen (secondary N) is 1. The van der Waals surface area contributed by atoms with Crippen molar-refractivity contribution in [2.24, 2.45) is 0 Å². The van der Waals surface area contributed by atoms with Crippen LogP contribution in [-0.2, 0) is 0 Å². The van der Waals surface area contributed by atoms with E-state index in [0.717, 1.165) is 36.3 Å². The summed E-state index contributed by atoms with van der Waals surface area (Å²) in [6.07, 6.45) is 5.54. The van der Waals surface area contributed by atoms with Crippen LogP contribution in [0.2, 0.25) is 0 Å². The van der Waals surface area contributed by atoms with Gasteiger partial charge in [0, 0.05) is 36.8 Å². The Morgan fingerprint density at radius 1 is 1.11 bits per heavy atom. The molecule has 0 spiro atoms. The first kappa shape index (κ1) is 16.7. The lowest BCUT2D eigenvalue weighted by atomic mass is 10.0. The summed E-state index contributed by atoms with van der Waals surface area (Å²) < 4.78 is 16.4. The summed E-state index contributed by atoms with van der Waals surface area (Å²) in [5, 5.41) is 4.15. The van der Waals surface area contributed by atoms with Crippen molar-refractivity contribution in [3.8, 4) is 35.0 Å². The van der Waals surface area contributed by atoms with Gasteiger partial charge < -0.3 is 24.1 Å². The monoisotopic (exact) mass is 374 g/mol. The molecule has 0 aliphatic carbocycles. The van der Waals surface area contributed by atoms with Gasteiger partial charge in [-0.15, -0.1) is 6.42 Å². The van der Waals surface area contributed by atoms with E-state index in [2.05, 4.69) is 16.1 Å². The summed E-state index contributed by atoms with van der Waals surface area (Å²) in [4.78, 5) is 14.8. The SMILES string of the molecule is C#C[C@@H]1CN(c2ccc3cc(-c4ccc5c(c4)OCO5)c(=O)oc3c2)CCN1. The van der Waals surface area contributed by atoms with Crippen LogP contribution in [-0.4, -0.2) is 32.5 Å². The van der Waals surface area contributed by atoms with Crippen LogP contribution in [0.25, 0.3) is 22.1 Å². The summed E-state index contributed by atoms with van der Waals surface area (Å²) >= 11 is 0. The first-order valence-electron chi connectivity index (χ1n) is 9.14. The molecule has 6 nitrogen and oxygen atoms in total. The highest BCUT2D eigenvalue weighted by Gasteiger charge is 2.19. The molecule has 3 heterocycles. The Labute approximate surface area is 161 Å². The summed E-state index contributed by atoms with van der Waals surface area (Å²) in [5.74, 6) is 4.06. The molecule has 6 heteroatoms. The van der Waals surface area contributed by atoms with E-state index in [0.29, 0.717) is 22.6 Å². The Morgan fingerprint density at radius 3 is 2.89 bits per heavy atom. The molecular weight excluding hydrogens is 356 g/mol. The molecule has 1 fully saturated rings. The summed E-state index contributed by atoms with van der Waals surface area (Å²) in [6, 6.07) is 13.2. The highest BCUT2D eigenvalue weighted by atomic mass is 16.7. The predicted octanol–water partition coefficient (Wildman–Crippen LogP) is 2.60. The van der Waals surface area contributed by atoms with E-state index in [1.807, 2.05) is 30.3 Å². The Kier molecular flexibility index (Phi) is 3.96. The Bertz CT molecular complexity index is 1160. The Balaban J connectivity index is 1.52. The topological polar surface area (TPSA) is 63.9 Å². The van der Waals surface area contributed by atoms with Gasteiger partial charge in [0.2, 0.25) is 6.79 Å². The van der Waals surface area contributed by atoms with Gasteiger partial charge in [0.15, 0.2) is 11.5 Å².